The van der Waals surface area contributed by atoms with Crippen LogP contribution < -0.4 is 0 Å². The van der Waals surface area contributed by atoms with Crippen molar-refractivity contribution in [3.05, 3.63) is 66.4 Å². The number of rotatable bonds is 3. The Bertz CT molecular complexity index is 1300. The molecular formula is C23H23N5. The Hall–Kier alpha value is -3.21. The third kappa shape index (κ3) is 2.29. The van der Waals surface area contributed by atoms with Crippen molar-refractivity contribution in [1.29, 1.82) is 0 Å². The average molecular weight is 369 g/mol. The second kappa shape index (κ2) is 6.16. The van der Waals surface area contributed by atoms with Gasteiger partial charge in [0.1, 0.15) is 23.1 Å². The quantitative estimate of drug-likeness (QED) is 0.396. The lowest BCUT2D eigenvalue weighted by atomic mass is 10.1. The molecule has 5 nitrogen and oxygen atoms in total. The molecule has 0 aliphatic heterocycles. The van der Waals surface area contributed by atoms with Gasteiger partial charge in [0, 0.05) is 22.6 Å². The molecule has 140 valence electrons. The second-order valence-corrected chi connectivity index (χ2v) is 7.90. The molecule has 3 heterocycles. The first-order valence-electron chi connectivity index (χ1n) is 9.80. The number of aromatic nitrogens is 5. The van der Waals surface area contributed by atoms with Gasteiger partial charge in [-0.15, -0.1) is 10.2 Å². The molecule has 0 bridgehead atoms. The number of benzene rings is 2. The molecule has 0 unspecified atom stereocenters. The van der Waals surface area contributed by atoms with E-state index < -0.39 is 0 Å². The van der Waals surface area contributed by atoms with E-state index in [0.717, 1.165) is 34.0 Å². The van der Waals surface area contributed by atoms with Crippen molar-refractivity contribution < 1.29 is 0 Å². The lowest BCUT2D eigenvalue weighted by molar-refractivity contribution is 0.698. The second-order valence-electron chi connectivity index (χ2n) is 7.90. The van der Waals surface area contributed by atoms with Crippen molar-refractivity contribution >= 4 is 27.3 Å². The van der Waals surface area contributed by atoms with Crippen LogP contribution in [0, 0.1) is 0 Å². The van der Waals surface area contributed by atoms with E-state index in [1.54, 1.807) is 0 Å². The number of fused-ring (bicyclic) bond motifs is 6. The van der Waals surface area contributed by atoms with Gasteiger partial charge in [-0.1, -0.05) is 70.2 Å². The molecule has 2 aromatic carbocycles. The van der Waals surface area contributed by atoms with E-state index in [4.69, 9.17) is 4.98 Å². The Kier molecular flexibility index (Phi) is 3.72. The van der Waals surface area contributed by atoms with Crippen LogP contribution in [0.25, 0.3) is 33.1 Å². The van der Waals surface area contributed by atoms with Crippen LogP contribution in [0.1, 0.15) is 51.2 Å². The predicted molar refractivity (Wildman–Crippen MR) is 113 cm³/mol. The number of hydrogen-bond donors (Lipinski definition) is 0. The van der Waals surface area contributed by atoms with Crippen LogP contribution in [0.3, 0.4) is 0 Å². The topological polar surface area (TPSA) is 48.0 Å². The summed E-state index contributed by atoms with van der Waals surface area (Å²) in [5, 5.41) is 12.6. The molecule has 0 atom stereocenters. The summed E-state index contributed by atoms with van der Waals surface area (Å²) in [6.45, 7) is 8.62. The van der Waals surface area contributed by atoms with Crippen LogP contribution >= 0.6 is 0 Å². The van der Waals surface area contributed by atoms with Crippen molar-refractivity contribution in [1.82, 2.24) is 24.1 Å². The molecule has 0 spiro atoms. The SMILES string of the molecule is CC(C)c1nnc(C(C)C)n1-c1cnc2c3ccccc3c3ccccc3n12. The number of nitrogens with zero attached hydrogens (tertiary/aromatic N) is 5. The molecule has 0 amide bonds. The van der Waals surface area contributed by atoms with Crippen molar-refractivity contribution in [2.45, 2.75) is 39.5 Å². The molecule has 5 rings (SSSR count). The van der Waals surface area contributed by atoms with E-state index >= 15 is 0 Å². The largest absolute Gasteiger partial charge is 0.278 e. The third-order valence-electron chi connectivity index (χ3n) is 5.32. The van der Waals surface area contributed by atoms with Gasteiger partial charge in [-0.2, -0.15) is 0 Å². The van der Waals surface area contributed by atoms with Crippen LogP contribution in [-0.4, -0.2) is 24.1 Å². The number of hydrogen-bond acceptors (Lipinski definition) is 3. The molecule has 5 heteroatoms. The van der Waals surface area contributed by atoms with Crippen LogP contribution in [-0.2, 0) is 0 Å². The maximum atomic E-state index is 4.84. The Morgan fingerprint density at radius 3 is 1.93 bits per heavy atom. The van der Waals surface area contributed by atoms with Crippen molar-refractivity contribution in [2.24, 2.45) is 0 Å². The van der Waals surface area contributed by atoms with E-state index in [0.29, 0.717) is 0 Å². The molecule has 0 aliphatic carbocycles. The van der Waals surface area contributed by atoms with E-state index in [1.807, 2.05) is 6.20 Å². The highest BCUT2D eigenvalue weighted by atomic mass is 15.3. The lowest BCUT2D eigenvalue weighted by Gasteiger charge is -2.15. The zero-order chi connectivity index (χ0) is 19.4. The maximum absolute atomic E-state index is 4.84. The summed E-state index contributed by atoms with van der Waals surface area (Å²) in [6, 6.07) is 17.0. The predicted octanol–water partition coefficient (Wildman–Crippen LogP) is 5.47. The Morgan fingerprint density at radius 2 is 1.29 bits per heavy atom. The molecule has 0 fully saturated rings. The lowest BCUT2D eigenvalue weighted by Crippen LogP contribution is -2.10. The summed E-state index contributed by atoms with van der Waals surface area (Å²) in [6.07, 6.45) is 1.95. The van der Waals surface area contributed by atoms with Gasteiger partial charge in [-0.05, 0) is 11.5 Å². The molecule has 28 heavy (non-hydrogen) atoms. The fourth-order valence-corrected chi connectivity index (χ4v) is 4.03. The monoisotopic (exact) mass is 369 g/mol. The van der Waals surface area contributed by atoms with Crippen molar-refractivity contribution in [3.63, 3.8) is 0 Å². The average Bonchev–Trinajstić information content (AvgIpc) is 3.32. The normalized spacial score (nSPS) is 12.2. The van der Waals surface area contributed by atoms with Crippen LogP contribution in [0.15, 0.2) is 54.7 Å². The highest BCUT2D eigenvalue weighted by Gasteiger charge is 2.22. The molecule has 0 saturated carbocycles. The number of pyridine rings is 1. The molecular weight excluding hydrogens is 346 g/mol. The van der Waals surface area contributed by atoms with Gasteiger partial charge >= 0.3 is 0 Å². The highest BCUT2D eigenvalue weighted by Crippen LogP contribution is 2.32. The highest BCUT2D eigenvalue weighted by molar-refractivity contribution is 6.11. The summed E-state index contributed by atoms with van der Waals surface area (Å²) in [7, 11) is 0. The van der Waals surface area contributed by atoms with Gasteiger partial charge in [0.15, 0.2) is 0 Å². The zero-order valence-corrected chi connectivity index (χ0v) is 16.6. The van der Waals surface area contributed by atoms with Crippen LogP contribution in [0.5, 0.6) is 0 Å². The number of para-hydroxylation sites is 1. The van der Waals surface area contributed by atoms with E-state index in [-0.39, 0.29) is 11.8 Å². The van der Waals surface area contributed by atoms with Crippen molar-refractivity contribution in [2.75, 3.05) is 0 Å². The Labute approximate surface area is 163 Å². The van der Waals surface area contributed by atoms with E-state index in [1.165, 1.54) is 10.8 Å². The molecule has 3 aromatic heterocycles. The van der Waals surface area contributed by atoms with Crippen LogP contribution in [0.4, 0.5) is 0 Å². The molecule has 0 saturated heterocycles. The molecule has 5 aromatic rings. The summed E-state index contributed by atoms with van der Waals surface area (Å²) in [5.74, 6) is 3.44. The minimum absolute atomic E-state index is 0.261. The minimum atomic E-state index is 0.261. The summed E-state index contributed by atoms with van der Waals surface area (Å²) < 4.78 is 4.44. The standard InChI is InChI=1S/C23H23N5/c1-14(2)21-25-26-22(15(3)4)28(21)20-13-24-23-18-11-6-5-9-16(18)17-10-7-8-12-19(17)27(20)23/h5-15H,1-4H3. The van der Waals surface area contributed by atoms with Gasteiger partial charge in [0.05, 0.1) is 11.7 Å². The van der Waals surface area contributed by atoms with E-state index in [2.05, 4.69) is 95.4 Å². The van der Waals surface area contributed by atoms with Crippen LogP contribution in [0.2, 0.25) is 0 Å². The van der Waals surface area contributed by atoms with Gasteiger partial charge in [-0.25, -0.2) is 4.98 Å². The molecule has 0 N–H and O–H groups in total. The Morgan fingerprint density at radius 1 is 0.714 bits per heavy atom. The van der Waals surface area contributed by atoms with E-state index in [9.17, 15) is 0 Å². The zero-order valence-electron chi connectivity index (χ0n) is 16.6. The van der Waals surface area contributed by atoms with Gasteiger partial charge in [0.25, 0.3) is 0 Å². The molecule has 0 radical (unpaired) electrons. The third-order valence-corrected chi connectivity index (χ3v) is 5.32. The van der Waals surface area contributed by atoms with Crippen molar-refractivity contribution in [3.8, 4) is 5.82 Å². The fraction of sp³-hybridized carbons (Fsp3) is 0.261. The summed E-state index contributed by atoms with van der Waals surface area (Å²) in [5.41, 5.74) is 2.10. The summed E-state index contributed by atoms with van der Waals surface area (Å²) >= 11 is 0. The first kappa shape index (κ1) is 16.9. The molecule has 0 aliphatic rings. The Balaban J connectivity index is 1.99. The van der Waals surface area contributed by atoms with Gasteiger partial charge in [0.2, 0.25) is 0 Å². The van der Waals surface area contributed by atoms with Gasteiger partial charge < -0.3 is 0 Å². The first-order chi connectivity index (χ1) is 13.6. The minimum Gasteiger partial charge on any atom is -0.278 e. The van der Waals surface area contributed by atoms with Gasteiger partial charge in [-0.3, -0.25) is 8.97 Å². The fourth-order valence-electron chi connectivity index (χ4n) is 4.03. The number of imidazole rings is 1. The summed E-state index contributed by atoms with van der Waals surface area (Å²) in [4.78, 5) is 4.84. The maximum Gasteiger partial charge on any atom is 0.146 e. The smallest absolute Gasteiger partial charge is 0.146 e. The first-order valence-corrected chi connectivity index (χ1v) is 9.80.